The lowest BCUT2D eigenvalue weighted by Gasteiger charge is -2.00. The first-order valence-corrected chi connectivity index (χ1v) is 6.31. The summed E-state index contributed by atoms with van der Waals surface area (Å²) < 4.78 is 0. The van der Waals surface area contributed by atoms with E-state index in [1.807, 2.05) is 25.1 Å². The Morgan fingerprint density at radius 1 is 1.38 bits per heavy atom. The average Bonchev–Trinajstić information content (AvgIpc) is 2.54. The lowest BCUT2D eigenvalue weighted by atomic mass is 10.1. The summed E-state index contributed by atoms with van der Waals surface area (Å²) in [7, 11) is 0. The van der Waals surface area contributed by atoms with Gasteiger partial charge in [0, 0.05) is 9.90 Å². The molecule has 0 radical (unpaired) electrons. The van der Waals surface area contributed by atoms with E-state index < -0.39 is 0 Å². The second kappa shape index (κ2) is 4.85. The molecule has 0 aliphatic rings. The SMILES string of the molecule is Cc1nc(N)sc1CCc1cccc(Cl)c1. The number of aryl methyl sites for hydroxylation is 3. The van der Waals surface area contributed by atoms with E-state index in [2.05, 4.69) is 11.1 Å². The van der Waals surface area contributed by atoms with Crippen LogP contribution in [0.4, 0.5) is 5.13 Å². The lowest BCUT2D eigenvalue weighted by molar-refractivity contribution is 0.962. The highest BCUT2D eigenvalue weighted by Crippen LogP contribution is 2.22. The number of benzene rings is 1. The van der Waals surface area contributed by atoms with Gasteiger partial charge in [0.25, 0.3) is 0 Å². The van der Waals surface area contributed by atoms with Gasteiger partial charge in [0.15, 0.2) is 5.13 Å². The summed E-state index contributed by atoms with van der Waals surface area (Å²) in [6, 6.07) is 7.96. The molecular formula is C12H13ClN2S. The Labute approximate surface area is 104 Å². The van der Waals surface area contributed by atoms with Crippen LogP contribution in [0.15, 0.2) is 24.3 Å². The van der Waals surface area contributed by atoms with Crippen LogP contribution in [0, 0.1) is 6.92 Å². The van der Waals surface area contributed by atoms with Gasteiger partial charge in [0.1, 0.15) is 0 Å². The quantitative estimate of drug-likeness (QED) is 0.909. The van der Waals surface area contributed by atoms with Gasteiger partial charge in [-0.1, -0.05) is 23.7 Å². The molecule has 0 bridgehead atoms. The summed E-state index contributed by atoms with van der Waals surface area (Å²) in [5.41, 5.74) is 7.95. The summed E-state index contributed by atoms with van der Waals surface area (Å²) in [4.78, 5) is 5.47. The van der Waals surface area contributed by atoms with Gasteiger partial charge >= 0.3 is 0 Å². The van der Waals surface area contributed by atoms with E-state index in [-0.39, 0.29) is 0 Å². The summed E-state index contributed by atoms with van der Waals surface area (Å²) in [5, 5.41) is 1.44. The standard InChI is InChI=1S/C12H13ClN2S/c1-8-11(16-12(14)15-8)6-5-9-3-2-4-10(13)7-9/h2-4,7H,5-6H2,1H3,(H2,14,15). The van der Waals surface area contributed by atoms with Crippen LogP contribution in [0.2, 0.25) is 5.02 Å². The first-order chi connectivity index (χ1) is 7.65. The van der Waals surface area contributed by atoms with Crippen LogP contribution in [0.5, 0.6) is 0 Å². The predicted molar refractivity (Wildman–Crippen MR) is 70.1 cm³/mol. The van der Waals surface area contributed by atoms with Crippen molar-refractivity contribution in [3.05, 3.63) is 45.4 Å². The molecule has 2 rings (SSSR count). The van der Waals surface area contributed by atoms with Crippen molar-refractivity contribution in [2.75, 3.05) is 5.73 Å². The fourth-order valence-electron chi connectivity index (χ4n) is 1.63. The van der Waals surface area contributed by atoms with Crippen molar-refractivity contribution in [3.8, 4) is 0 Å². The molecule has 2 N–H and O–H groups in total. The Hall–Kier alpha value is -1.06. The maximum atomic E-state index is 5.93. The first-order valence-electron chi connectivity index (χ1n) is 5.11. The van der Waals surface area contributed by atoms with E-state index >= 15 is 0 Å². The zero-order chi connectivity index (χ0) is 11.5. The number of hydrogen-bond acceptors (Lipinski definition) is 3. The zero-order valence-corrected chi connectivity index (χ0v) is 10.6. The summed E-state index contributed by atoms with van der Waals surface area (Å²) >= 11 is 7.50. The number of aromatic nitrogens is 1. The molecule has 1 aromatic heterocycles. The molecule has 1 heterocycles. The molecular weight excluding hydrogens is 240 g/mol. The van der Waals surface area contributed by atoms with Crippen LogP contribution in [0.25, 0.3) is 0 Å². The van der Waals surface area contributed by atoms with Gasteiger partial charge < -0.3 is 5.73 Å². The van der Waals surface area contributed by atoms with Crippen LogP contribution in [-0.4, -0.2) is 4.98 Å². The molecule has 84 valence electrons. The summed E-state index contributed by atoms with van der Waals surface area (Å²) in [6.45, 7) is 2.00. The van der Waals surface area contributed by atoms with Gasteiger partial charge in [-0.2, -0.15) is 0 Å². The number of nitrogens with zero attached hydrogens (tertiary/aromatic N) is 1. The van der Waals surface area contributed by atoms with E-state index in [1.165, 1.54) is 10.4 Å². The van der Waals surface area contributed by atoms with Gasteiger partial charge in [0.2, 0.25) is 0 Å². The van der Waals surface area contributed by atoms with Crippen LogP contribution in [0.3, 0.4) is 0 Å². The van der Waals surface area contributed by atoms with E-state index in [4.69, 9.17) is 17.3 Å². The van der Waals surface area contributed by atoms with Crippen molar-refractivity contribution in [2.24, 2.45) is 0 Å². The minimum atomic E-state index is 0.651. The first kappa shape index (κ1) is 11.4. The minimum absolute atomic E-state index is 0.651. The second-order valence-electron chi connectivity index (χ2n) is 3.69. The molecule has 0 atom stereocenters. The average molecular weight is 253 g/mol. The highest BCUT2D eigenvalue weighted by atomic mass is 35.5. The summed E-state index contributed by atoms with van der Waals surface area (Å²) in [5.74, 6) is 0. The maximum Gasteiger partial charge on any atom is 0.180 e. The zero-order valence-electron chi connectivity index (χ0n) is 9.03. The third kappa shape index (κ3) is 2.74. The van der Waals surface area contributed by atoms with Crippen molar-refractivity contribution < 1.29 is 0 Å². The Morgan fingerprint density at radius 2 is 2.19 bits per heavy atom. The molecule has 2 nitrogen and oxygen atoms in total. The smallest absolute Gasteiger partial charge is 0.180 e. The van der Waals surface area contributed by atoms with Crippen molar-refractivity contribution in [2.45, 2.75) is 19.8 Å². The number of nitrogens with two attached hydrogens (primary N) is 1. The normalized spacial score (nSPS) is 10.6. The molecule has 0 saturated carbocycles. The maximum absolute atomic E-state index is 5.93. The van der Waals surface area contributed by atoms with Crippen LogP contribution >= 0.6 is 22.9 Å². The van der Waals surface area contributed by atoms with Gasteiger partial charge in [-0.05, 0) is 37.5 Å². The number of thiazole rings is 1. The molecule has 16 heavy (non-hydrogen) atoms. The molecule has 4 heteroatoms. The van der Waals surface area contributed by atoms with E-state index in [0.717, 1.165) is 23.6 Å². The van der Waals surface area contributed by atoms with Crippen LogP contribution in [0.1, 0.15) is 16.1 Å². The number of hydrogen-bond donors (Lipinski definition) is 1. The van der Waals surface area contributed by atoms with Gasteiger partial charge in [-0.3, -0.25) is 0 Å². The largest absolute Gasteiger partial charge is 0.375 e. The van der Waals surface area contributed by atoms with Gasteiger partial charge in [-0.15, -0.1) is 11.3 Å². The van der Waals surface area contributed by atoms with E-state index in [0.29, 0.717) is 5.13 Å². The van der Waals surface area contributed by atoms with Crippen molar-refractivity contribution >= 4 is 28.1 Å². The molecule has 2 aromatic rings. The number of nitrogen functional groups attached to an aromatic ring is 1. The fourth-order valence-corrected chi connectivity index (χ4v) is 2.68. The monoisotopic (exact) mass is 252 g/mol. The Balaban J connectivity index is 2.05. The van der Waals surface area contributed by atoms with Crippen LogP contribution < -0.4 is 5.73 Å². The summed E-state index contributed by atoms with van der Waals surface area (Å²) in [6.07, 6.45) is 1.95. The lowest BCUT2D eigenvalue weighted by Crippen LogP contribution is -1.90. The van der Waals surface area contributed by atoms with E-state index in [1.54, 1.807) is 11.3 Å². The molecule has 0 saturated heterocycles. The highest BCUT2D eigenvalue weighted by molar-refractivity contribution is 7.15. The molecule has 0 aliphatic heterocycles. The molecule has 0 amide bonds. The molecule has 0 aliphatic carbocycles. The topological polar surface area (TPSA) is 38.9 Å². The highest BCUT2D eigenvalue weighted by Gasteiger charge is 2.05. The Morgan fingerprint density at radius 3 is 2.81 bits per heavy atom. The number of anilines is 1. The predicted octanol–water partition coefficient (Wildman–Crippen LogP) is 3.47. The third-order valence-electron chi connectivity index (χ3n) is 2.44. The molecule has 1 aromatic carbocycles. The minimum Gasteiger partial charge on any atom is -0.375 e. The van der Waals surface area contributed by atoms with Crippen LogP contribution in [-0.2, 0) is 12.8 Å². The Bertz CT molecular complexity index is 494. The third-order valence-corrected chi connectivity index (χ3v) is 3.72. The molecule has 0 fully saturated rings. The van der Waals surface area contributed by atoms with Crippen molar-refractivity contribution in [1.82, 2.24) is 4.98 Å². The molecule has 0 unspecified atom stereocenters. The number of rotatable bonds is 3. The second-order valence-corrected chi connectivity index (χ2v) is 5.24. The Kier molecular flexibility index (Phi) is 3.46. The fraction of sp³-hybridized carbons (Fsp3) is 0.250. The van der Waals surface area contributed by atoms with Crippen molar-refractivity contribution in [1.29, 1.82) is 0 Å². The van der Waals surface area contributed by atoms with Gasteiger partial charge in [-0.25, -0.2) is 4.98 Å². The number of halogens is 1. The van der Waals surface area contributed by atoms with Gasteiger partial charge in [0.05, 0.1) is 5.69 Å². The van der Waals surface area contributed by atoms with Crippen molar-refractivity contribution in [3.63, 3.8) is 0 Å². The van der Waals surface area contributed by atoms with E-state index in [9.17, 15) is 0 Å². The molecule has 0 spiro atoms.